The van der Waals surface area contributed by atoms with Gasteiger partial charge in [-0.25, -0.2) is 13.4 Å². The minimum absolute atomic E-state index is 0.0495. The molecule has 1 aliphatic heterocycles. The standard InChI is InChI=1S/C17H14N2O6S2/c1-23-10-2-4-11(5-3-10)27(21,22)8-16(20)19-17-18-12-6-13-14(25-9-24-13)7-15(12)26-17/h2-7H,8-9H2,1H3,(H,18,19,20). The van der Waals surface area contributed by atoms with Crippen molar-refractivity contribution in [2.45, 2.75) is 4.90 Å². The molecule has 0 bridgehead atoms. The Labute approximate surface area is 158 Å². The number of nitrogens with one attached hydrogen (secondary N) is 1. The van der Waals surface area contributed by atoms with Gasteiger partial charge in [0.05, 0.1) is 22.2 Å². The molecule has 0 aliphatic carbocycles. The van der Waals surface area contributed by atoms with Gasteiger partial charge in [-0.05, 0) is 24.3 Å². The van der Waals surface area contributed by atoms with Crippen LogP contribution in [0.25, 0.3) is 10.2 Å². The van der Waals surface area contributed by atoms with Crippen LogP contribution in [0.2, 0.25) is 0 Å². The van der Waals surface area contributed by atoms with Crippen LogP contribution in [0.3, 0.4) is 0 Å². The van der Waals surface area contributed by atoms with Gasteiger partial charge >= 0.3 is 0 Å². The first-order valence-corrected chi connectivity index (χ1v) is 10.3. The lowest BCUT2D eigenvalue weighted by Gasteiger charge is -2.05. The third-order valence-electron chi connectivity index (χ3n) is 3.87. The van der Waals surface area contributed by atoms with Crippen LogP contribution in [0.1, 0.15) is 0 Å². The molecule has 1 amide bonds. The first kappa shape index (κ1) is 17.6. The van der Waals surface area contributed by atoms with E-state index < -0.39 is 21.5 Å². The predicted octanol–water partition coefficient (Wildman–Crippen LogP) is 2.45. The average Bonchev–Trinajstić information content (AvgIpc) is 3.24. The molecule has 4 rings (SSSR count). The van der Waals surface area contributed by atoms with E-state index >= 15 is 0 Å². The molecule has 3 aromatic rings. The number of hydrogen-bond donors (Lipinski definition) is 1. The van der Waals surface area contributed by atoms with Crippen molar-refractivity contribution in [3.05, 3.63) is 36.4 Å². The smallest absolute Gasteiger partial charge is 0.241 e. The van der Waals surface area contributed by atoms with Crippen molar-refractivity contribution >= 4 is 42.4 Å². The van der Waals surface area contributed by atoms with Crippen molar-refractivity contribution in [3.63, 3.8) is 0 Å². The van der Waals surface area contributed by atoms with E-state index in [1.54, 1.807) is 12.1 Å². The zero-order chi connectivity index (χ0) is 19.0. The first-order valence-electron chi connectivity index (χ1n) is 7.81. The molecule has 0 atom stereocenters. The highest BCUT2D eigenvalue weighted by atomic mass is 32.2. The van der Waals surface area contributed by atoms with E-state index in [-0.39, 0.29) is 11.7 Å². The zero-order valence-corrected chi connectivity index (χ0v) is 15.7. The van der Waals surface area contributed by atoms with Crippen molar-refractivity contribution < 1.29 is 27.4 Å². The van der Waals surface area contributed by atoms with E-state index in [1.165, 1.54) is 42.7 Å². The van der Waals surface area contributed by atoms with E-state index in [9.17, 15) is 13.2 Å². The number of fused-ring (bicyclic) bond motifs is 2. The number of benzene rings is 2. The van der Waals surface area contributed by atoms with E-state index in [0.717, 1.165) is 4.70 Å². The molecule has 0 saturated carbocycles. The SMILES string of the molecule is COc1ccc(S(=O)(=O)CC(=O)Nc2nc3cc4c(cc3s2)OCO4)cc1. The molecule has 8 nitrogen and oxygen atoms in total. The number of carbonyl (C=O) groups excluding carboxylic acids is 1. The fourth-order valence-electron chi connectivity index (χ4n) is 2.57. The largest absolute Gasteiger partial charge is 0.497 e. The van der Waals surface area contributed by atoms with E-state index in [0.29, 0.717) is 27.9 Å². The second-order valence-electron chi connectivity index (χ2n) is 5.68. The molecule has 1 aliphatic rings. The van der Waals surface area contributed by atoms with Crippen LogP contribution in [0, 0.1) is 0 Å². The van der Waals surface area contributed by atoms with E-state index in [4.69, 9.17) is 14.2 Å². The summed E-state index contributed by atoms with van der Waals surface area (Å²) < 4.78 is 41.2. The summed E-state index contributed by atoms with van der Waals surface area (Å²) in [5.41, 5.74) is 0.637. The van der Waals surface area contributed by atoms with Crippen LogP contribution in [0.4, 0.5) is 5.13 Å². The molecule has 0 unspecified atom stereocenters. The molecule has 0 saturated heterocycles. The van der Waals surface area contributed by atoms with Crippen LogP contribution < -0.4 is 19.5 Å². The number of nitrogens with zero attached hydrogens (tertiary/aromatic N) is 1. The minimum atomic E-state index is -3.77. The van der Waals surface area contributed by atoms with Crippen molar-refractivity contribution in [2.75, 3.05) is 25.0 Å². The molecular weight excluding hydrogens is 392 g/mol. The molecule has 27 heavy (non-hydrogen) atoms. The lowest BCUT2D eigenvalue weighted by Crippen LogP contribution is -2.22. The quantitative estimate of drug-likeness (QED) is 0.694. The van der Waals surface area contributed by atoms with Gasteiger partial charge in [-0.2, -0.15) is 0 Å². The highest BCUT2D eigenvalue weighted by Crippen LogP contribution is 2.38. The molecule has 10 heteroatoms. The van der Waals surface area contributed by atoms with Gasteiger partial charge in [-0.3, -0.25) is 4.79 Å². The summed E-state index contributed by atoms with van der Waals surface area (Å²) in [6.45, 7) is 0.166. The Morgan fingerprint density at radius 1 is 1.22 bits per heavy atom. The highest BCUT2D eigenvalue weighted by molar-refractivity contribution is 7.92. The monoisotopic (exact) mass is 406 g/mol. The molecule has 0 fully saturated rings. The van der Waals surface area contributed by atoms with Crippen molar-refractivity contribution in [1.29, 1.82) is 0 Å². The number of rotatable bonds is 5. The maximum absolute atomic E-state index is 12.4. The summed E-state index contributed by atoms with van der Waals surface area (Å²) in [5, 5.41) is 2.85. The summed E-state index contributed by atoms with van der Waals surface area (Å²) in [5.74, 6) is 0.398. The fraction of sp³-hybridized carbons (Fsp3) is 0.176. The third kappa shape index (κ3) is 3.53. The Bertz CT molecular complexity index is 1080. The van der Waals surface area contributed by atoms with Gasteiger partial charge in [0.2, 0.25) is 12.7 Å². The normalized spacial score (nSPS) is 12.9. The maximum Gasteiger partial charge on any atom is 0.241 e. The number of hydrogen-bond acceptors (Lipinski definition) is 8. The molecule has 1 aromatic heterocycles. The lowest BCUT2D eigenvalue weighted by molar-refractivity contribution is -0.113. The summed E-state index contributed by atoms with van der Waals surface area (Å²) in [6, 6.07) is 9.36. The first-order chi connectivity index (χ1) is 12.9. The minimum Gasteiger partial charge on any atom is -0.497 e. The van der Waals surface area contributed by atoms with Crippen LogP contribution in [0.5, 0.6) is 17.2 Å². The van der Waals surface area contributed by atoms with Crippen molar-refractivity contribution in [2.24, 2.45) is 0 Å². The number of thiazole rings is 1. The number of anilines is 1. The Kier molecular flexibility index (Phi) is 4.36. The van der Waals surface area contributed by atoms with E-state index in [2.05, 4.69) is 10.3 Å². The Hall–Kier alpha value is -2.85. The van der Waals surface area contributed by atoms with Crippen LogP contribution in [0.15, 0.2) is 41.3 Å². The summed E-state index contributed by atoms with van der Waals surface area (Å²) in [6.07, 6.45) is 0. The molecule has 2 heterocycles. The molecule has 0 radical (unpaired) electrons. The third-order valence-corrected chi connectivity index (χ3v) is 6.44. The highest BCUT2D eigenvalue weighted by Gasteiger charge is 2.21. The number of ether oxygens (including phenoxy) is 3. The molecule has 0 spiro atoms. The predicted molar refractivity (Wildman–Crippen MR) is 99.4 cm³/mol. The number of amides is 1. The van der Waals surface area contributed by atoms with Gasteiger partial charge in [-0.1, -0.05) is 11.3 Å². The van der Waals surface area contributed by atoms with E-state index in [1.807, 2.05) is 0 Å². The zero-order valence-electron chi connectivity index (χ0n) is 14.1. The van der Waals surface area contributed by atoms with Gasteiger partial charge in [0.25, 0.3) is 0 Å². The Balaban J connectivity index is 1.49. The summed E-state index contributed by atoms with van der Waals surface area (Å²) in [4.78, 5) is 16.5. The molecule has 140 valence electrons. The summed E-state index contributed by atoms with van der Waals surface area (Å²) in [7, 11) is -2.29. The number of sulfone groups is 1. The second-order valence-corrected chi connectivity index (χ2v) is 8.70. The summed E-state index contributed by atoms with van der Waals surface area (Å²) >= 11 is 1.23. The number of methoxy groups -OCH3 is 1. The molecular formula is C17H14N2O6S2. The van der Waals surface area contributed by atoms with Crippen LogP contribution in [-0.2, 0) is 14.6 Å². The Morgan fingerprint density at radius 2 is 1.93 bits per heavy atom. The lowest BCUT2D eigenvalue weighted by atomic mass is 10.3. The average molecular weight is 406 g/mol. The van der Waals surface area contributed by atoms with Gasteiger partial charge in [0, 0.05) is 12.1 Å². The van der Waals surface area contributed by atoms with Crippen molar-refractivity contribution in [1.82, 2.24) is 4.98 Å². The van der Waals surface area contributed by atoms with Gasteiger partial charge in [0.1, 0.15) is 11.5 Å². The Morgan fingerprint density at radius 3 is 2.63 bits per heavy atom. The number of carbonyl (C=O) groups is 1. The van der Waals surface area contributed by atoms with Gasteiger partial charge in [0.15, 0.2) is 26.5 Å². The molecule has 1 N–H and O–H groups in total. The van der Waals surface area contributed by atoms with Crippen molar-refractivity contribution in [3.8, 4) is 17.2 Å². The second kappa shape index (κ2) is 6.71. The molecule has 2 aromatic carbocycles. The fourth-order valence-corrected chi connectivity index (χ4v) is 4.59. The maximum atomic E-state index is 12.4. The number of aromatic nitrogens is 1. The van der Waals surface area contributed by atoms with Crippen LogP contribution >= 0.6 is 11.3 Å². The van der Waals surface area contributed by atoms with Crippen LogP contribution in [-0.4, -0.2) is 39.0 Å². The van der Waals surface area contributed by atoms with Gasteiger partial charge in [-0.15, -0.1) is 0 Å². The van der Waals surface area contributed by atoms with Gasteiger partial charge < -0.3 is 19.5 Å². The topological polar surface area (TPSA) is 104 Å².